The Balaban J connectivity index is 1.60. The van der Waals surface area contributed by atoms with Crippen molar-refractivity contribution in [2.45, 2.75) is 32.1 Å². The Kier molecular flexibility index (Phi) is 5.70. The molecule has 0 spiro atoms. The van der Waals surface area contributed by atoms with E-state index in [1.807, 2.05) is 60.8 Å². The number of aromatic nitrogens is 2. The maximum Gasteiger partial charge on any atom is 0.338 e. The molecule has 0 radical (unpaired) electrons. The minimum atomic E-state index is -0.749. The van der Waals surface area contributed by atoms with Gasteiger partial charge >= 0.3 is 5.97 Å². The minimum absolute atomic E-state index is 0.0987. The average Bonchev–Trinajstić information content (AvgIpc) is 3.17. The van der Waals surface area contributed by atoms with Crippen LogP contribution in [0.15, 0.2) is 66.9 Å². The van der Waals surface area contributed by atoms with Crippen LogP contribution in [0.3, 0.4) is 0 Å². The summed E-state index contributed by atoms with van der Waals surface area (Å²) in [5.41, 5.74) is 5.17. The lowest BCUT2D eigenvalue weighted by atomic mass is 9.88. The number of imidazole rings is 1. The Hall–Kier alpha value is -4.24. The molecule has 0 fully saturated rings. The van der Waals surface area contributed by atoms with Gasteiger partial charge in [-0.1, -0.05) is 36.4 Å². The van der Waals surface area contributed by atoms with Gasteiger partial charge in [-0.3, -0.25) is 10.1 Å². The topological polar surface area (TPSA) is 108 Å². The molecule has 4 aromatic rings. The lowest BCUT2D eigenvalue weighted by Gasteiger charge is -2.39. The molecule has 5 rings (SSSR count). The fraction of sp³-hybridized carbons (Fsp3) is 0.231. The van der Waals surface area contributed by atoms with Crippen LogP contribution in [0.5, 0.6) is 0 Å². The molecule has 9 nitrogen and oxygen atoms in total. The van der Waals surface area contributed by atoms with Crippen LogP contribution >= 0.6 is 0 Å². The molecule has 0 aliphatic carbocycles. The Morgan fingerprint density at radius 3 is 2.60 bits per heavy atom. The van der Waals surface area contributed by atoms with Crippen LogP contribution in [0.2, 0.25) is 0 Å². The predicted octanol–water partition coefficient (Wildman–Crippen LogP) is 4.94. The number of benzene rings is 2. The number of nitro groups is 1. The van der Waals surface area contributed by atoms with Gasteiger partial charge in [0.05, 0.1) is 27.9 Å². The fourth-order valence-electron chi connectivity index (χ4n) is 4.59. The van der Waals surface area contributed by atoms with Gasteiger partial charge in [-0.15, -0.1) is 0 Å². The van der Waals surface area contributed by atoms with E-state index >= 15 is 0 Å². The molecule has 0 amide bonds. The van der Waals surface area contributed by atoms with Gasteiger partial charge in [0, 0.05) is 36.7 Å². The van der Waals surface area contributed by atoms with Crippen LogP contribution in [0, 0.1) is 24.0 Å². The van der Waals surface area contributed by atoms with Crippen LogP contribution < -0.4 is 5.32 Å². The molecule has 1 aliphatic rings. The first-order valence-electron chi connectivity index (χ1n) is 11.2. The van der Waals surface area contributed by atoms with Crippen molar-refractivity contribution in [2.75, 3.05) is 12.4 Å². The molecule has 3 heterocycles. The van der Waals surface area contributed by atoms with E-state index in [2.05, 4.69) is 5.32 Å². The Morgan fingerprint density at radius 1 is 1.11 bits per heavy atom. The zero-order valence-corrected chi connectivity index (χ0v) is 19.5. The molecule has 1 N–H and O–H groups in total. The van der Waals surface area contributed by atoms with Crippen molar-refractivity contribution < 1.29 is 19.2 Å². The highest BCUT2D eigenvalue weighted by atomic mass is 16.6. The van der Waals surface area contributed by atoms with Gasteiger partial charge in [0.1, 0.15) is 6.10 Å². The molecule has 3 atom stereocenters. The van der Waals surface area contributed by atoms with E-state index in [0.29, 0.717) is 0 Å². The molecule has 2 aromatic carbocycles. The third kappa shape index (κ3) is 3.89. The molecule has 2 aromatic heterocycles. The summed E-state index contributed by atoms with van der Waals surface area (Å²) < 4.78 is 13.9. The van der Waals surface area contributed by atoms with Gasteiger partial charge < -0.3 is 19.2 Å². The molecular weight excluding hydrogens is 448 g/mol. The van der Waals surface area contributed by atoms with Gasteiger partial charge in [-0.2, -0.15) is 0 Å². The standard InChI is InChI=1S/C26H24N4O5/c1-15-16(2)29-13-12-20-22(25(29)27-15)28-21(17-8-5-4-6-9-17)24(23(20)34-3)35-26(31)18-10-7-11-19(14-18)30(32)33/h4-14,21,23-24,28H,1-3H3/t21-,23+,24-/m1/s1. The number of rotatable bonds is 5. The number of non-ortho nitro benzene ring substituents is 1. The second-order valence-corrected chi connectivity index (χ2v) is 8.49. The van der Waals surface area contributed by atoms with E-state index in [-0.39, 0.29) is 11.3 Å². The quantitative estimate of drug-likeness (QED) is 0.249. The molecule has 1 aliphatic heterocycles. The molecular formula is C26H24N4O5. The predicted molar refractivity (Wildman–Crippen MR) is 130 cm³/mol. The molecule has 9 heteroatoms. The number of fused-ring (bicyclic) bond motifs is 3. The zero-order chi connectivity index (χ0) is 24.7. The van der Waals surface area contributed by atoms with Crippen LogP contribution in [-0.2, 0) is 9.47 Å². The van der Waals surface area contributed by atoms with Crippen molar-refractivity contribution in [1.29, 1.82) is 0 Å². The van der Waals surface area contributed by atoms with Crippen molar-refractivity contribution in [2.24, 2.45) is 0 Å². The Bertz CT molecular complexity index is 1430. The summed E-state index contributed by atoms with van der Waals surface area (Å²) in [6.07, 6.45) is 0.585. The normalized spacial score (nSPS) is 19.1. The summed E-state index contributed by atoms with van der Waals surface area (Å²) in [6, 6.07) is 16.6. The SMILES string of the molecule is CO[C@H]1c2ccn3c(C)c(C)nc3c2N[C@H](c2ccccc2)[C@H]1OC(=O)c1cccc([N+](=O)[O-])c1. The number of carbonyl (C=O) groups excluding carboxylic acids is 1. The number of ether oxygens (including phenoxy) is 2. The smallest absolute Gasteiger partial charge is 0.338 e. The van der Waals surface area contributed by atoms with E-state index in [4.69, 9.17) is 14.5 Å². The second kappa shape index (κ2) is 8.84. The highest BCUT2D eigenvalue weighted by Crippen LogP contribution is 2.44. The third-order valence-corrected chi connectivity index (χ3v) is 6.48. The summed E-state index contributed by atoms with van der Waals surface area (Å²) in [6.45, 7) is 3.97. The number of nitrogens with one attached hydrogen (secondary N) is 1. The molecule has 178 valence electrons. The van der Waals surface area contributed by atoms with E-state index in [1.165, 1.54) is 24.3 Å². The molecule has 0 unspecified atom stereocenters. The number of hydrogen-bond acceptors (Lipinski definition) is 7. The number of anilines is 1. The van der Waals surface area contributed by atoms with E-state index < -0.39 is 29.1 Å². The zero-order valence-electron chi connectivity index (χ0n) is 19.5. The molecule has 0 bridgehead atoms. The first-order chi connectivity index (χ1) is 16.9. The number of aryl methyl sites for hydroxylation is 2. The number of nitrogens with zero attached hydrogens (tertiary/aromatic N) is 3. The van der Waals surface area contributed by atoms with Gasteiger partial charge in [-0.05, 0) is 31.5 Å². The number of hydrogen-bond donors (Lipinski definition) is 1. The van der Waals surface area contributed by atoms with Crippen LogP contribution in [0.4, 0.5) is 11.4 Å². The Morgan fingerprint density at radius 2 is 1.89 bits per heavy atom. The second-order valence-electron chi connectivity index (χ2n) is 8.49. The van der Waals surface area contributed by atoms with Crippen LogP contribution in [0.25, 0.3) is 5.65 Å². The number of pyridine rings is 1. The maximum absolute atomic E-state index is 13.2. The van der Waals surface area contributed by atoms with E-state index in [0.717, 1.165) is 33.8 Å². The average molecular weight is 473 g/mol. The first-order valence-corrected chi connectivity index (χ1v) is 11.2. The largest absolute Gasteiger partial charge is 0.453 e. The van der Waals surface area contributed by atoms with Gasteiger partial charge in [-0.25, -0.2) is 9.78 Å². The number of carbonyl (C=O) groups is 1. The maximum atomic E-state index is 13.2. The summed E-state index contributed by atoms with van der Waals surface area (Å²) >= 11 is 0. The van der Waals surface area contributed by atoms with Crippen LogP contribution in [0.1, 0.15) is 45.0 Å². The molecule has 0 saturated heterocycles. The highest BCUT2D eigenvalue weighted by molar-refractivity contribution is 5.90. The van der Waals surface area contributed by atoms with Crippen molar-refractivity contribution in [3.8, 4) is 0 Å². The van der Waals surface area contributed by atoms with Gasteiger partial charge in [0.25, 0.3) is 5.69 Å². The van der Waals surface area contributed by atoms with Gasteiger partial charge in [0.2, 0.25) is 0 Å². The summed E-state index contributed by atoms with van der Waals surface area (Å²) in [5, 5.41) is 14.7. The van der Waals surface area contributed by atoms with E-state index in [1.54, 1.807) is 7.11 Å². The van der Waals surface area contributed by atoms with Crippen molar-refractivity contribution in [1.82, 2.24) is 9.38 Å². The lowest BCUT2D eigenvalue weighted by Crippen LogP contribution is -2.40. The first kappa shape index (κ1) is 22.5. The summed E-state index contributed by atoms with van der Waals surface area (Å²) in [7, 11) is 1.57. The monoisotopic (exact) mass is 472 g/mol. The van der Waals surface area contributed by atoms with Crippen molar-refractivity contribution in [3.63, 3.8) is 0 Å². The van der Waals surface area contributed by atoms with Gasteiger partial charge in [0.15, 0.2) is 11.8 Å². The third-order valence-electron chi connectivity index (χ3n) is 6.48. The van der Waals surface area contributed by atoms with Crippen LogP contribution in [-0.4, -0.2) is 33.5 Å². The van der Waals surface area contributed by atoms with Crippen molar-refractivity contribution in [3.05, 3.63) is 105 Å². The van der Waals surface area contributed by atoms with Crippen molar-refractivity contribution >= 4 is 23.0 Å². The number of nitro benzene ring substituents is 1. The number of esters is 1. The molecule has 0 saturated carbocycles. The molecule has 35 heavy (non-hydrogen) atoms. The minimum Gasteiger partial charge on any atom is -0.453 e. The van der Waals surface area contributed by atoms with E-state index in [9.17, 15) is 14.9 Å². The number of methoxy groups -OCH3 is 1. The highest BCUT2D eigenvalue weighted by Gasteiger charge is 2.42. The Labute approximate surface area is 201 Å². The lowest BCUT2D eigenvalue weighted by molar-refractivity contribution is -0.384. The fourth-order valence-corrected chi connectivity index (χ4v) is 4.59. The summed E-state index contributed by atoms with van der Waals surface area (Å²) in [4.78, 5) is 28.6. The summed E-state index contributed by atoms with van der Waals surface area (Å²) in [5.74, 6) is -0.666.